The normalized spacial score (nSPS) is 47.5. The zero-order valence-corrected chi connectivity index (χ0v) is 33.7. The molecular weight excluding hydrogens is 683 g/mol. The Morgan fingerprint density at radius 1 is 0.840 bits per heavy atom. The number of hydrogen-bond acceptors (Lipinski definition) is 13. The van der Waals surface area contributed by atoms with Gasteiger partial charge in [0.1, 0.15) is 18.3 Å². The Hall–Kier alpha value is 0.510. The van der Waals surface area contributed by atoms with Crippen molar-refractivity contribution in [1.82, 2.24) is 0 Å². The average molecular weight is 745 g/mol. The van der Waals surface area contributed by atoms with Crippen molar-refractivity contribution in [2.24, 2.45) is 58.2 Å². The fourth-order valence-electron chi connectivity index (χ4n) is 11.6. The molecule has 0 spiro atoms. The van der Waals surface area contributed by atoms with Crippen LogP contribution < -0.4 is 29.6 Å². The monoisotopic (exact) mass is 744 g/mol. The summed E-state index contributed by atoms with van der Waals surface area (Å²) in [6, 6.07) is 0. The third-order valence-corrected chi connectivity index (χ3v) is 14.6. The molecule has 15 heteroatoms. The number of fused-ring (bicyclic) bond motifs is 5. The van der Waals surface area contributed by atoms with Crippen LogP contribution in [0.5, 0.6) is 0 Å². The fraction of sp³-hybridized carbons (Fsp3) is 1.00. The molecule has 50 heavy (non-hydrogen) atoms. The summed E-state index contributed by atoms with van der Waals surface area (Å²) in [5, 5.41) is 65.8. The number of aliphatic hydroxyl groups is 6. The molecule has 4 aliphatic carbocycles. The molecular formula is C35H61NaO13S. The van der Waals surface area contributed by atoms with Crippen LogP contribution in [0.25, 0.3) is 0 Å². The molecule has 0 radical (unpaired) electrons. The first-order valence-electron chi connectivity index (χ1n) is 18.3. The first-order chi connectivity index (χ1) is 22.9. The van der Waals surface area contributed by atoms with Crippen LogP contribution in [0, 0.1) is 58.2 Å². The zero-order valence-electron chi connectivity index (χ0n) is 30.8. The largest absolute Gasteiger partial charge is 1.00 e. The van der Waals surface area contributed by atoms with Gasteiger partial charge in [-0.3, -0.25) is 4.18 Å². The van der Waals surface area contributed by atoms with E-state index in [4.69, 9.17) is 18.4 Å². The molecule has 14 unspecified atom stereocenters. The summed E-state index contributed by atoms with van der Waals surface area (Å²) in [5.41, 5.74) is -1.08. The van der Waals surface area contributed by atoms with Gasteiger partial charge in [-0.25, -0.2) is 8.42 Å². The third kappa shape index (κ3) is 8.21. The molecule has 18 atom stereocenters. The van der Waals surface area contributed by atoms with Crippen molar-refractivity contribution < 1.29 is 91.6 Å². The van der Waals surface area contributed by atoms with Crippen LogP contribution >= 0.6 is 0 Å². The average Bonchev–Trinajstić information content (AvgIpc) is 3.22. The standard InChI is InChI=1S/C35H62O13S.Na/c1-17(2)19(11-14-46-33-32(41)29(38)24(45-6)16-47-33)8-7-18(3)25-30(39)31(40)26-20-15-23(48-49(42,43)44)27-28(37)22(36)10-13-34(27,4)21(20)9-12-35(25,26)5;/h17-33,36-41H,7-16H2,1-6H3,(H,42,43,44);/q;+1/p-1/t18?,19?,20?,21?,22?,23?,24-,25?,26?,27?,28?,29?,30?,31?,32?,33-,34-,35-;/m1./s1. The minimum Gasteiger partial charge on any atom is -0.726 e. The molecule has 5 aliphatic rings. The first-order valence-corrected chi connectivity index (χ1v) is 19.7. The second kappa shape index (κ2) is 16.7. The molecule has 286 valence electrons. The minimum atomic E-state index is -5.11. The fourth-order valence-corrected chi connectivity index (χ4v) is 12.1. The van der Waals surface area contributed by atoms with Gasteiger partial charge in [0, 0.05) is 13.0 Å². The summed E-state index contributed by atoms with van der Waals surface area (Å²) < 4.78 is 57.4. The van der Waals surface area contributed by atoms with Crippen LogP contribution in [0.15, 0.2) is 0 Å². The predicted octanol–water partition coefficient (Wildman–Crippen LogP) is -1.43. The molecule has 6 N–H and O–H groups in total. The van der Waals surface area contributed by atoms with E-state index in [0.717, 1.165) is 25.7 Å². The molecule has 13 nitrogen and oxygen atoms in total. The Morgan fingerprint density at radius 2 is 1.50 bits per heavy atom. The van der Waals surface area contributed by atoms with Gasteiger partial charge in [0.2, 0.25) is 10.4 Å². The van der Waals surface area contributed by atoms with E-state index >= 15 is 0 Å². The zero-order chi connectivity index (χ0) is 36.2. The molecule has 1 aliphatic heterocycles. The molecule has 5 fully saturated rings. The van der Waals surface area contributed by atoms with E-state index in [-0.39, 0.29) is 78.1 Å². The second-order valence-corrected chi connectivity index (χ2v) is 17.9. The van der Waals surface area contributed by atoms with Crippen LogP contribution in [0.1, 0.15) is 86.0 Å². The molecule has 0 amide bonds. The van der Waals surface area contributed by atoms with Crippen LogP contribution in [0.2, 0.25) is 0 Å². The Labute approximate surface area is 320 Å². The maximum Gasteiger partial charge on any atom is 1.00 e. The van der Waals surface area contributed by atoms with E-state index in [2.05, 4.69) is 27.7 Å². The van der Waals surface area contributed by atoms with Crippen LogP contribution in [-0.2, 0) is 28.8 Å². The predicted molar refractivity (Wildman–Crippen MR) is 175 cm³/mol. The van der Waals surface area contributed by atoms with Gasteiger partial charge < -0.3 is 49.4 Å². The molecule has 0 aromatic rings. The Balaban J connectivity index is 0.00000562. The SMILES string of the molecule is CO[C@@H]1CO[C@@H](OCCC(CCC(C)C2C(O)C(O)C3C4CC(OS(=O)(=O)[O-])C5C(O)C(O)CC[C@]5(C)C4CC[C@]23C)C(C)C)C(O)C1O.[Na+]. The van der Waals surface area contributed by atoms with E-state index in [1.165, 1.54) is 7.11 Å². The van der Waals surface area contributed by atoms with Gasteiger partial charge in [0.05, 0.1) is 43.7 Å². The van der Waals surface area contributed by atoms with E-state index < -0.39 is 82.3 Å². The number of methoxy groups -OCH3 is 1. The molecule has 0 aromatic carbocycles. The van der Waals surface area contributed by atoms with Crippen molar-refractivity contribution in [2.45, 2.75) is 141 Å². The van der Waals surface area contributed by atoms with Gasteiger partial charge in [0.25, 0.3) is 0 Å². The first kappa shape index (κ1) is 43.2. The molecule has 1 saturated heterocycles. The Morgan fingerprint density at radius 3 is 2.12 bits per heavy atom. The second-order valence-electron chi connectivity index (χ2n) is 16.9. The molecule has 1 heterocycles. The van der Waals surface area contributed by atoms with E-state index in [0.29, 0.717) is 31.8 Å². The van der Waals surface area contributed by atoms with Gasteiger partial charge in [-0.05, 0) is 97.2 Å². The van der Waals surface area contributed by atoms with Crippen LogP contribution in [-0.4, -0.2) is 119 Å². The van der Waals surface area contributed by atoms with Crippen molar-refractivity contribution in [3.63, 3.8) is 0 Å². The summed E-state index contributed by atoms with van der Waals surface area (Å²) in [6.07, 6.45) is -4.43. The molecule has 5 rings (SSSR count). The summed E-state index contributed by atoms with van der Waals surface area (Å²) in [5.74, 6) is -0.919. The third-order valence-electron chi connectivity index (χ3n) is 14.1. The van der Waals surface area contributed by atoms with E-state index in [9.17, 15) is 43.6 Å². The molecule has 4 saturated carbocycles. The Bertz CT molecular complexity index is 1230. The van der Waals surface area contributed by atoms with Crippen LogP contribution in [0.4, 0.5) is 0 Å². The van der Waals surface area contributed by atoms with Crippen molar-refractivity contribution in [3.05, 3.63) is 0 Å². The quantitative estimate of drug-likeness (QED) is 0.0769. The minimum absolute atomic E-state index is 0. The van der Waals surface area contributed by atoms with Gasteiger partial charge in [-0.15, -0.1) is 0 Å². The topological polar surface area (TPSA) is 215 Å². The van der Waals surface area contributed by atoms with Crippen molar-refractivity contribution in [1.29, 1.82) is 0 Å². The maximum atomic E-state index is 11.9. The van der Waals surface area contributed by atoms with Gasteiger partial charge >= 0.3 is 29.6 Å². The maximum absolute atomic E-state index is 11.9. The number of hydrogen-bond donors (Lipinski definition) is 6. The summed E-state index contributed by atoms with van der Waals surface area (Å²) >= 11 is 0. The van der Waals surface area contributed by atoms with Gasteiger partial charge in [-0.1, -0.05) is 41.0 Å². The van der Waals surface area contributed by atoms with Crippen molar-refractivity contribution in [2.75, 3.05) is 20.3 Å². The van der Waals surface area contributed by atoms with Crippen molar-refractivity contribution >= 4 is 10.4 Å². The number of aliphatic hydroxyl groups excluding tert-OH is 6. The summed E-state index contributed by atoms with van der Waals surface area (Å²) in [7, 11) is -3.66. The van der Waals surface area contributed by atoms with Gasteiger partial charge in [-0.2, -0.15) is 0 Å². The summed E-state index contributed by atoms with van der Waals surface area (Å²) in [4.78, 5) is 0. The van der Waals surface area contributed by atoms with Gasteiger partial charge in [0.15, 0.2) is 6.29 Å². The number of ether oxygens (including phenoxy) is 3. The molecule has 0 aromatic heterocycles. The van der Waals surface area contributed by atoms with Crippen molar-refractivity contribution in [3.8, 4) is 0 Å². The summed E-state index contributed by atoms with van der Waals surface area (Å²) in [6.45, 7) is 11.0. The van der Waals surface area contributed by atoms with E-state index in [1.807, 2.05) is 6.92 Å². The smallest absolute Gasteiger partial charge is 0.726 e. The van der Waals surface area contributed by atoms with Crippen LogP contribution in [0.3, 0.4) is 0 Å². The number of rotatable bonds is 12. The Kier molecular flexibility index (Phi) is 14.4. The molecule has 0 bridgehead atoms. The van der Waals surface area contributed by atoms with E-state index in [1.54, 1.807) is 0 Å².